The highest BCUT2D eigenvalue weighted by atomic mass is 19.1. The van der Waals surface area contributed by atoms with E-state index in [-0.39, 0.29) is 44.8 Å². The van der Waals surface area contributed by atoms with Gasteiger partial charge in [-0.1, -0.05) is 105 Å². The average molecular weight is 925 g/mol. The maximum absolute atomic E-state index is 14.8. The summed E-state index contributed by atoms with van der Waals surface area (Å²) in [4.78, 5) is 18.2. The number of aryl methyl sites for hydroxylation is 1. The van der Waals surface area contributed by atoms with E-state index in [0.29, 0.717) is 28.1 Å². The number of halogens is 4. The zero-order valence-electron chi connectivity index (χ0n) is 38.4. The molecule has 5 aromatic heterocycles. The summed E-state index contributed by atoms with van der Waals surface area (Å²) in [5, 5.41) is -6.76. The molecule has 0 fully saturated rings. The Hall–Kier alpha value is -7.26. The number of hydrogen-bond donors (Lipinski definition) is 0. The van der Waals surface area contributed by atoms with Crippen LogP contribution in [0.4, 0.5) is 17.6 Å². The maximum atomic E-state index is 14.8. The number of rotatable bonds is 11. The monoisotopic (exact) mass is 926 g/mol. The normalized spacial score (nSPS) is 12.4. The highest BCUT2D eigenvalue weighted by Gasteiger charge is 2.42. The summed E-state index contributed by atoms with van der Waals surface area (Å²) in [5.74, 6) is -3.15. The number of furan rings is 1. The number of pyridine rings is 4. The summed E-state index contributed by atoms with van der Waals surface area (Å²) in [5.41, 5.74) is 6.96. The topological polar surface area (TPSA) is 64.7 Å². The van der Waals surface area contributed by atoms with Crippen LogP contribution in [0.5, 0.6) is 0 Å². The van der Waals surface area contributed by atoms with Crippen LogP contribution in [0, 0.1) is 30.2 Å². The van der Waals surface area contributed by atoms with Crippen LogP contribution in [0.1, 0.15) is 27.9 Å². The van der Waals surface area contributed by atoms with Gasteiger partial charge in [-0.2, -0.15) is 0 Å². The predicted octanol–water partition coefficient (Wildman–Crippen LogP) is 9.73. The van der Waals surface area contributed by atoms with Gasteiger partial charge in [0.15, 0.2) is 0 Å². The van der Waals surface area contributed by atoms with Crippen LogP contribution in [0.2, 0.25) is 0 Å². The molecule has 328 valence electrons. The van der Waals surface area contributed by atoms with Crippen LogP contribution in [-0.4, -0.2) is 82.7 Å². The summed E-state index contributed by atoms with van der Waals surface area (Å²) in [6, 6.07) is 38.1. The fraction of sp³-hybridized carbons (Fsp3) is 0.0909. The first-order valence-electron chi connectivity index (χ1n) is 22.4. The van der Waals surface area contributed by atoms with Gasteiger partial charge in [-0.15, -0.1) is 0 Å². The van der Waals surface area contributed by atoms with Crippen molar-refractivity contribution < 1.29 is 22.0 Å². The molecule has 0 aliphatic heterocycles. The van der Waals surface area contributed by atoms with Crippen molar-refractivity contribution in [1.29, 1.82) is 0 Å². The first kappa shape index (κ1) is 48.4. The van der Waals surface area contributed by atoms with Crippen LogP contribution in [0.3, 0.4) is 0 Å². The van der Waals surface area contributed by atoms with Gasteiger partial charge in [-0.05, 0) is 95.4 Å². The lowest BCUT2D eigenvalue weighted by molar-refractivity contribution is 0.584. The van der Waals surface area contributed by atoms with E-state index in [4.69, 9.17) is 72.2 Å². The number of fused-ring (bicyclic) bond motifs is 3. The minimum atomic E-state index is -2.17. The molecule has 0 unspecified atom stereocenters. The van der Waals surface area contributed by atoms with Gasteiger partial charge in [0, 0.05) is 69.4 Å². The quantitative estimate of drug-likeness (QED) is 0.0956. The van der Waals surface area contributed by atoms with E-state index >= 15 is 0 Å². The summed E-state index contributed by atoms with van der Waals surface area (Å²) < 4.78 is 63.3. The largest absolute Gasteiger partial charge is 0.437 e. The smallest absolute Gasteiger partial charge is 0.227 e. The zero-order chi connectivity index (χ0) is 50.9. The lowest BCUT2D eigenvalue weighted by Crippen LogP contribution is -2.53. The third-order valence-electron chi connectivity index (χ3n) is 13.2. The molecular formula is C55H30B8F4N4O. The molecule has 16 radical (unpaired) electrons. The second-order valence-corrected chi connectivity index (χ2v) is 18.0. The van der Waals surface area contributed by atoms with Crippen LogP contribution in [0.25, 0.3) is 78.1 Å². The van der Waals surface area contributed by atoms with Crippen molar-refractivity contribution >= 4 is 84.8 Å². The number of hydrogen-bond acceptors (Lipinski definition) is 5. The van der Waals surface area contributed by atoms with Crippen LogP contribution in [0.15, 0.2) is 169 Å². The van der Waals surface area contributed by atoms with E-state index in [1.54, 1.807) is 18.3 Å². The van der Waals surface area contributed by atoms with Gasteiger partial charge >= 0.3 is 0 Å². The van der Waals surface area contributed by atoms with Gasteiger partial charge in [0.1, 0.15) is 28.9 Å². The Labute approximate surface area is 424 Å². The summed E-state index contributed by atoms with van der Waals surface area (Å²) in [6.45, 7) is 1.91. The molecule has 0 bridgehead atoms. The van der Waals surface area contributed by atoms with E-state index in [2.05, 4.69) is 15.0 Å². The van der Waals surface area contributed by atoms with Gasteiger partial charge in [0.25, 0.3) is 0 Å². The SMILES string of the molecule is [B]C([B])(c1ccc(-c2ccc(F)cc2F)nc1)C([B])([B])c1cc(-c2ccccc2-c2ccc(-c3cccc4c3oc3nc(C)ccc34)nc2)cc(C([B])([B])C([B])([B])c2ccc(-c3ccc(F)cc3F)nc2)c1. The highest BCUT2D eigenvalue weighted by Crippen LogP contribution is 2.44. The summed E-state index contributed by atoms with van der Waals surface area (Å²) in [6.07, 6.45) is 4.34. The molecule has 0 aliphatic carbocycles. The van der Waals surface area contributed by atoms with Crippen molar-refractivity contribution in [2.24, 2.45) is 0 Å². The van der Waals surface area contributed by atoms with Crippen molar-refractivity contribution in [2.75, 3.05) is 0 Å². The predicted molar refractivity (Wildman–Crippen MR) is 282 cm³/mol. The fourth-order valence-electron chi connectivity index (χ4n) is 8.88. The van der Waals surface area contributed by atoms with E-state index in [1.807, 2.05) is 73.7 Å². The summed E-state index contributed by atoms with van der Waals surface area (Å²) in [7, 11) is 56.0. The van der Waals surface area contributed by atoms with E-state index in [9.17, 15) is 17.6 Å². The van der Waals surface area contributed by atoms with Crippen molar-refractivity contribution in [1.82, 2.24) is 19.9 Å². The van der Waals surface area contributed by atoms with Crippen LogP contribution >= 0.6 is 0 Å². The fourth-order valence-corrected chi connectivity index (χ4v) is 8.88. The molecule has 5 nitrogen and oxygen atoms in total. The lowest BCUT2D eigenvalue weighted by atomic mass is 9.25. The van der Waals surface area contributed by atoms with Gasteiger partial charge in [0.05, 0.1) is 79.9 Å². The molecule has 0 N–H and O–H groups in total. The minimum absolute atomic E-state index is 0.0353. The second-order valence-electron chi connectivity index (χ2n) is 18.0. The Morgan fingerprint density at radius 2 is 0.889 bits per heavy atom. The summed E-state index contributed by atoms with van der Waals surface area (Å²) >= 11 is 0. The number of nitrogens with zero attached hydrogens (tertiary/aromatic N) is 4. The molecule has 5 aromatic carbocycles. The molecule has 17 heteroatoms. The Bertz CT molecular complexity index is 3580. The maximum Gasteiger partial charge on any atom is 0.227 e. The van der Waals surface area contributed by atoms with Crippen molar-refractivity contribution in [3.8, 4) is 56.0 Å². The van der Waals surface area contributed by atoms with Gasteiger partial charge < -0.3 is 4.42 Å². The third-order valence-corrected chi connectivity index (χ3v) is 13.2. The standard InChI is InChI=1S/C55H30B8F4N4O/c1-29-9-15-41-40-7-4-8-44(50(40)72-51(41)71-29)49-18-10-30(26-68-49)38-5-2-3-6-39(38)31-21-34(54(60,61)52(56,57)32-11-19-47(69-27-32)42-16-13-36(64)24-45(42)66)23-35(22-31)55(62,63)53(58,59)33-12-20-48(70-28-33)43-17-14-37(65)25-46(43)67/h2-28H,1H3. The zero-order valence-corrected chi connectivity index (χ0v) is 38.4. The Balaban J connectivity index is 1.07. The molecule has 5 heterocycles. The Kier molecular flexibility index (Phi) is 12.2. The Morgan fingerprint density at radius 1 is 0.403 bits per heavy atom. The number of benzene rings is 5. The number of para-hydroxylation sites is 1. The van der Waals surface area contributed by atoms with E-state index in [1.165, 1.54) is 54.9 Å². The molecule has 0 aliphatic rings. The molecule has 10 rings (SSSR count). The van der Waals surface area contributed by atoms with Crippen LogP contribution < -0.4 is 0 Å². The average Bonchev–Trinajstić information content (AvgIpc) is 3.74. The molecule has 72 heavy (non-hydrogen) atoms. The van der Waals surface area contributed by atoms with E-state index < -0.39 is 44.1 Å². The van der Waals surface area contributed by atoms with Gasteiger partial charge in [-0.25, -0.2) is 22.5 Å². The first-order valence-corrected chi connectivity index (χ1v) is 22.4. The van der Waals surface area contributed by atoms with Crippen molar-refractivity contribution in [2.45, 2.75) is 27.8 Å². The highest BCUT2D eigenvalue weighted by molar-refractivity contribution is 6.55. The molecule has 10 aromatic rings. The van der Waals surface area contributed by atoms with Crippen molar-refractivity contribution in [3.63, 3.8) is 0 Å². The second kappa shape index (κ2) is 18.1. The molecule has 0 spiro atoms. The Morgan fingerprint density at radius 3 is 1.39 bits per heavy atom. The molecule has 0 atom stereocenters. The molecule has 0 saturated carbocycles. The van der Waals surface area contributed by atoms with Crippen molar-refractivity contribution in [3.05, 3.63) is 215 Å². The molecule has 0 saturated heterocycles. The minimum Gasteiger partial charge on any atom is -0.437 e. The van der Waals surface area contributed by atoms with Gasteiger partial charge in [0.2, 0.25) is 5.71 Å². The third kappa shape index (κ3) is 8.40. The number of aromatic nitrogens is 4. The lowest BCUT2D eigenvalue weighted by Gasteiger charge is -2.48. The molecule has 0 amide bonds. The first-order chi connectivity index (χ1) is 34.2. The van der Waals surface area contributed by atoms with Crippen LogP contribution in [-0.2, 0) is 20.9 Å². The van der Waals surface area contributed by atoms with E-state index in [0.717, 1.165) is 57.4 Å². The van der Waals surface area contributed by atoms with Gasteiger partial charge in [-0.3, -0.25) is 15.0 Å². The molecular weight excluding hydrogens is 895 g/mol.